The minimum Gasteiger partial charge on any atom is -0.491 e. The minimum absolute atomic E-state index is 0.203. The van der Waals surface area contributed by atoms with Gasteiger partial charge in [-0.25, -0.2) is 0 Å². The smallest absolute Gasteiger partial charge is 0.119 e. The summed E-state index contributed by atoms with van der Waals surface area (Å²) in [5, 5.41) is 3.48. The molecule has 1 N–H and O–H groups in total. The Morgan fingerprint density at radius 1 is 1.05 bits per heavy atom. The van der Waals surface area contributed by atoms with Crippen LogP contribution in [0.25, 0.3) is 0 Å². The molecule has 2 rings (SSSR count). The standard InChI is InChI=1S/C17H22N2O/c1-12(2)20-16-9-7-15(8-10-16)13(3)19-17-6-5-11-18-14(17)4/h5-13,19H,1-4H3. The molecule has 20 heavy (non-hydrogen) atoms. The Kier molecular flexibility index (Phi) is 4.61. The second kappa shape index (κ2) is 6.42. The van der Waals surface area contributed by atoms with Crippen LogP contribution in [0.15, 0.2) is 42.6 Å². The molecular formula is C17H22N2O. The van der Waals surface area contributed by atoms with E-state index >= 15 is 0 Å². The molecule has 0 spiro atoms. The summed E-state index contributed by atoms with van der Waals surface area (Å²) < 4.78 is 5.66. The zero-order valence-corrected chi connectivity index (χ0v) is 12.6. The number of hydrogen-bond acceptors (Lipinski definition) is 3. The molecule has 1 aromatic carbocycles. The number of aryl methyl sites for hydroxylation is 1. The van der Waals surface area contributed by atoms with Gasteiger partial charge in [-0.1, -0.05) is 12.1 Å². The summed E-state index contributed by atoms with van der Waals surface area (Å²) in [7, 11) is 0. The first-order valence-corrected chi connectivity index (χ1v) is 7.01. The van der Waals surface area contributed by atoms with Crippen molar-refractivity contribution in [3.05, 3.63) is 53.9 Å². The molecule has 1 heterocycles. The van der Waals surface area contributed by atoms with E-state index in [0.717, 1.165) is 17.1 Å². The van der Waals surface area contributed by atoms with Crippen LogP contribution in [0.4, 0.5) is 5.69 Å². The van der Waals surface area contributed by atoms with Crippen molar-refractivity contribution in [1.29, 1.82) is 0 Å². The highest BCUT2D eigenvalue weighted by Crippen LogP contribution is 2.23. The van der Waals surface area contributed by atoms with Gasteiger partial charge in [0.05, 0.1) is 17.5 Å². The maximum absolute atomic E-state index is 5.66. The maximum Gasteiger partial charge on any atom is 0.119 e. The van der Waals surface area contributed by atoms with Gasteiger partial charge < -0.3 is 10.1 Å². The first kappa shape index (κ1) is 14.4. The average Bonchev–Trinajstić information content (AvgIpc) is 2.41. The molecule has 1 aromatic heterocycles. The van der Waals surface area contributed by atoms with E-state index in [9.17, 15) is 0 Å². The largest absolute Gasteiger partial charge is 0.491 e. The number of benzene rings is 1. The lowest BCUT2D eigenvalue weighted by Crippen LogP contribution is -2.09. The molecule has 1 unspecified atom stereocenters. The fourth-order valence-corrected chi connectivity index (χ4v) is 2.06. The average molecular weight is 270 g/mol. The summed E-state index contributed by atoms with van der Waals surface area (Å²) in [6, 6.07) is 12.5. The van der Waals surface area contributed by atoms with E-state index in [0.29, 0.717) is 0 Å². The number of aromatic nitrogens is 1. The molecule has 0 saturated carbocycles. The molecule has 0 fully saturated rings. The Balaban J connectivity index is 2.06. The molecule has 0 bridgehead atoms. The van der Waals surface area contributed by atoms with E-state index < -0.39 is 0 Å². The van der Waals surface area contributed by atoms with Crippen LogP contribution in [0.5, 0.6) is 5.75 Å². The third kappa shape index (κ3) is 3.73. The molecule has 3 nitrogen and oxygen atoms in total. The first-order chi connectivity index (χ1) is 9.56. The second-order valence-corrected chi connectivity index (χ2v) is 5.24. The Bertz CT molecular complexity index is 549. The molecular weight excluding hydrogens is 248 g/mol. The van der Waals surface area contributed by atoms with E-state index in [-0.39, 0.29) is 12.1 Å². The Morgan fingerprint density at radius 2 is 1.75 bits per heavy atom. The van der Waals surface area contributed by atoms with E-state index in [4.69, 9.17) is 4.74 Å². The fourth-order valence-electron chi connectivity index (χ4n) is 2.06. The topological polar surface area (TPSA) is 34.2 Å². The Morgan fingerprint density at radius 3 is 2.35 bits per heavy atom. The number of pyridine rings is 1. The van der Waals surface area contributed by atoms with Crippen LogP contribution < -0.4 is 10.1 Å². The number of nitrogens with zero attached hydrogens (tertiary/aromatic N) is 1. The molecule has 1 atom stereocenters. The third-order valence-electron chi connectivity index (χ3n) is 3.13. The third-order valence-corrected chi connectivity index (χ3v) is 3.13. The lowest BCUT2D eigenvalue weighted by Gasteiger charge is -2.17. The monoisotopic (exact) mass is 270 g/mol. The predicted octanol–water partition coefficient (Wildman–Crippen LogP) is 4.35. The molecule has 3 heteroatoms. The van der Waals surface area contributed by atoms with Crippen LogP contribution in [0, 0.1) is 6.92 Å². The van der Waals surface area contributed by atoms with Gasteiger partial charge in [0, 0.05) is 12.2 Å². The molecule has 0 amide bonds. The number of anilines is 1. The van der Waals surface area contributed by atoms with E-state index in [1.54, 1.807) is 0 Å². The highest BCUT2D eigenvalue weighted by atomic mass is 16.5. The summed E-state index contributed by atoms with van der Waals surface area (Å²) in [4.78, 5) is 4.29. The van der Waals surface area contributed by atoms with Crippen molar-refractivity contribution in [3.8, 4) is 5.75 Å². The van der Waals surface area contributed by atoms with E-state index in [1.807, 2.05) is 45.2 Å². The summed E-state index contributed by atoms with van der Waals surface area (Å²) in [6.45, 7) is 8.21. The van der Waals surface area contributed by atoms with Crippen molar-refractivity contribution in [3.63, 3.8) is 0 Å². The van der Waals surface area contributed by atoms with Crippen molar-refractivity contribution in [2.75, 3.05) is 5.32 Å². The number of nitrogens with one attached hydrogen (secondary N) is 1. The summed E-state index contributed by atoms with van der Waals surface area (Å²) in [5.41, 5.74) is 3.31. The SMILES string of the molecule is Cc1ncccc1NC(C)c1ccc(OC(C)C)cc1. The van der Waals surface area contributed by atoms with Crippen molar-refractivity contribution in [2.24, 2.45) is 0 Å². The number of ether oxygens (including phenoxy) is 1. The van der Waals surface area contributed by atoms with Gasteiger partial charge in [0.2, 0.25) is 0 Å². The van der Waals surface area contributed by atoms with Gasteiger partial charge in [0.15, 0.2) is 0 Å². The van der Waals surface area contributed by atoms with Gasteiger partial charge in [-0.15, -0.1) is 0 Å². The highest BCUT2D eigenvalue weighted by Gasteiger charge is 2.07. The first-order valence-electron chi connectivity index (χ1n) is 7.01. The van der Waals surface area contributed by atoms with Crippen LogP contribution in [0.2, 0.25) is 0 Å². The molecule has 0 saturated heterocycles. The van der Waals surface area contributed by atoms with Gasteiger partial charge in [-0.2, -0.15) is 0 Å². The summed E-state index contributed by atoms with van der Waals surface area (Å²) in [6.07, 6.45) is 2.01. The number of hydrogen-bond donors (Lipinski definition) is 1. The molecule has 106 valence electrons. The van der Waals surface area contributed by atoms with Crippen molar-refractivity contribution >= 4 is 5.69 Å². The van der Waals surface area contributed by atoms with Gasteiger partial charge in [-0.05, 0) is 57.5 Å². The highest BCUT2D eigenvalue weighted by molar-refractivity contribution is 5.48. The fraction of sp³-hybridized carbons (Fsp3) is 0.353. The predicted molar refractivity (Wildman–Crippen MR) is 83.2 cm³/mol. The molecule has 2 aromatic rings. The molecule has 0 aliphatic rings. The van der Waals surface area contributed by atoms with Gasteiger partial charge in [-0.3, -0.25) is 4.98 Å². The minimum atomic E-state index is 0.203. The zero-order chi connectivity index (χ0) is 14.5. The van der Waals surface area contributed by atoms with Gasteiger partial charge in [0.1, 0.15) is 5.75 Å². The van der Waals surface area contributed by atoms with Gasteiger partial charge >= 0.3 is 0 Å². The lowest BCUT2D eigenvalue weighted by atomic mass is 10.1. The van der Waals surface area contributed by atoms with Crippen molar-refractivity contribution < 1.29 is 4.74 Å². The van der Waals surface area contributed by atoms with E-state index in [2.05, 4.69) is 35.4 Å². The number of rotatable bonds is 5. The summed E-state index contributed by atoms with van der Waals surface area (Å²) in [5.74, 6) is 0.911. The lowest BCUT2D eigenvalue weighted by molar-refractivity contribution is 0.242. The van der Waals surface area contributed by atoms with Crippen LogP contribution in [0.1, 0.15) is 38.1 Å². The molecule has 0 aliphatic carbocycles. The van der Waals surface area contributed by atoms with Crippen molar-refractivity contribution in [2.45, 2.75) is 39.8 Å². The second-order valence-electron chi connectivity index (χ2n) is 5.24. The van der Waals surface area contributed by atoms with Gasteiger partial charge in [0.25, 0.3) is 0 Å². The summed E-state index contributed by atoms with van der Waals surface area (Å²) >= 11 is 0. The Labute approximate surface area is 121 Å². The van der Waals surface area contributed by atoms with Crippen LogP contribution in [0.3, 0.4) is 0 Å². The normalized spacial score (nSPS) is 12.2. The Hall–Kier alpha value is -2.03. The van der Waals surface area contributed by atoms with Crippen LogP contribution >= 0.6 is 0 Å². The van der Waals surface area contributed by atoms with E-state index in [1.165, 1.54) is 5.56 Å². The maximum atomic E-state index is 5.66. The quantitative estimate of drug-likeness (QED) is 0.877. The molecule has 0 aliphatic heterocycles. The zero-order valence-electron chi connectivity index (χ0n) is 12.6. The van der Waals surface area contributed by atoms with Crippen LogP contribution in [-0.2, 0) is 0 Å². The van der Waals surface area contributed by atoms with Crippen LogP contribution in [-0.4, -0.2) is 11.1 Å². The van der Waals surface area contributed by atoms with Crippen molar-refractivity contribution in [1.82, 2.24) is 4.98 Å². The molecule has 0 radical (unpaired) electrons.